The van der Waals surface area contributed by atoms with Crippen LogP contribution in [-0.4, -0.2) is 9.97 Å². The van der Waals surface area contributed by atoms with Crippen LogP contribution >= 0.6 is 28.1 Å². The van der Waals surface area contributed by atoms with Crippen molar-refractivity contribution in [3.63, 3.8) is 0 Å². The van der Waals surface area contributed by atoms with E-state index in [2.05, 4.69) is 51.9 Å². The molecule has 0 unspecified atom stereocenters. The fourth-order valence-electron chi connectivity index (χ4n) is 2.68. The number of halogens is 1. The fraction of sp³-hybridized carbons (Fsp3) is 0.333. The second kappa shape index (κ2) is 4.84. The molecule has 98 valence electrons. The van der Waals surface area contributed by atoms with E-state index in [1.54, 1.807) is 0 Å². The summed E-state index contributed by atoms with van der Waals surface area (Å²) in [4.78, 5) is 8.03. The first kappa shape index (κ1) is 13.0. The molecule has 0 spiro atoms. The van der Waals surface area contributed by atoms with Crippen LogP contribution in [0.5, 0.6) is 0 Å². The number of rotatable bonds is 1. The van der Waals surface area contributed by atoms with Crippen LogP contribution in [-0.2, 0) is 12.8 Å². The molecule has 0 aliphatic heterocycles. The minimum Gasteiger partial charge on any atom is -0.343 e. The molecule has 0 saturated carbocycles. The number of aromatic amines is 1. The van der Waals surface area contributed by atoms with E-state index in [1.165, 1.54) is 28.8 Å². The third-order valence-corrected chi connectivity index (χ3v) is 5.26. The van der Waals surface area contributed by atoms with Gasteiger partial charge in [0.2, 0.25) is 0 Å². The minimum atomic E-state index is 0.763. The van der Waals surface area contributed by atoms with Crippen LogP contribution in [0.4, 0.5) is 0 Å². The molecular formula is C15H15BrN2S. The topological polar surface area (TPSA) is 28.7 Å². The van der Waals surface area contributed by atoms with Crippen molar-refractivity contribution in [2.75, 3.05) is 0 Å². The van der Waals surface area contributed by atoms with Crippen LogP contribution in [0.3, 0.4) is 0 Å². The number of benzene rings is 1. The van der Waals surface area contributed by atoms with Crippen molar-refractivity contribution in [3.8, 4) is 11.4 Å². The normalized spacial score (nSPS) is 13.6. The average molecular weight is 335 g/mol. The lowest BCUT2D eigenvalue weighted by Crippen LogP contribution is -1.98. The molecule has 0 fully saturated rings. The summed E-state index contributed by atoms with van der Waals surface area (Å²) in [7, 11) is 0. The summed E-state index contributed by atoms with van der Waals surface area (Å²) in [6, 6.07) is 4.29. The summed E-state index contributed by atoms with van der Waals surface area (Å²) in [6.45, 7) is 4.20. The molecule has 0 atom stereocenters. The SMILES string of the molecule is Cc1cc(-c2nc(=S)c3c([nH]2)CCC3)cc(C)c1Br. The van der Waals surface area contributed by atoms with Gasteiger partial charge >= 0.3 is 0 Å². The first-order valence-corrected chi connectivity index (χ1v) is 7.65. The number of nitrogens with one attached hydrogen (secondary N) is 1. The fourth-order valence-corrected chi connectivity index (χ4v) is 3.22. The van der Waals surface area contributed by atoms with Gasteiger partial charge in [-0.15, -0.1) is 0 Å². The van der Waals surface area contributed by atoms with Gasteiger partial charge in [0, 0.05) is 21.3 Å². The molecule has 1 N–H and O–H groups in total. The van der Waals surface area contributed by atoms with Crippen molar-refractivity contribution in [1.29, 1.82) is 0 Å². The van der Waals surface area contributed by atoms with Crippen molar-refractivity contribution < 1.29 is 0 Å². The summed E-state index contributed by atoms with van der Waals surface area (Å²) >= 11 is 9.02. The van der Waals surface area contributed by atoms with Gasteiger partial charge in [0.15, 0.2) is 0 Å². The van der Waals surface area contributed by atoms with Crippen LogP contribution in [0.15, 0.2) is 16.6 Å². The lowest BCUT2D eigenvalue weighted by molar-refractivity contribution is 0.899. The third kappa shape index (κ3) is 2.28. The maximum absolute atomic E-state index is 5.42. The van der Waals surface area contributed by atoms with Gasteiger partial charge in [-0.1, -0.05) is 28.1 Å². The lowest BCUT2D eigenvalue weighted by atomic mass is 10.1. The van der Waals surface area contributed by atoms with Gasteiger partial charge in [0.25, 0.3) is 0 Å². The maximum atomic E-state index is 5.42. The highest BCUT2D eigenvalue weighted by Gasteiger charge is 2.16. The molecule has 1 aromatic heterocycles. The average Bonchev–Trinajstić information content (AvgIpc) is 2.84. The minimum absolute atomic E-state index is 0.763. The Balaban J connectivity index is 2.18. The molecule has 1 aliphatic carbocycles. The molecule has 19 heavy (non-hydrogen) atoms. The number of H-pyrrole nitrogens is 1. The van der Waals surface area contributed by atoms with Crippen LogP contribution < -0.4 is 0 Å². The van der Waals surface area contributed by atoms with E-state index >= 15 is 0 Å². The Morgan fingerprint density at radius 1 is 1.21 bits per heavy atom. The van der Waals surface area contributed by atoms with Gasteiger partial charge in [0.1, 0.15) is 10.5 Å². The highest BCUT2D eigenvalue weighted by Crippen LogP contribution is 2.29. The number of hydrogen-bond acceptors (Lipinski definition) is 2. The van der Waals surface area contributed by atoms with E-state index in [0.29, 0.717) is 0 Å². The van der Waals surface area contributed by atoms with Crippen LogP contribution in [0.2, 0.25) is 0 Å². The van der Waals surface area contributed by atoms with E-state index in [4.69, 9.17) is 12.2 Å². The Morgan fingerprint density at radius 2 is 1.89 bits per heavy atom. The number of hydrogen-bond donors (Lipinski definition) is 1. The van der Waals surface area contributed by atoms with E-state index < -0.39 is 0 Å². The predicted molar refractivity (Wildman–Crippen MR) is 84.1 cm³/mol. The highest BCUT2D eigenvalue weighted by atomic mass is 79.9. The number of aromatic nitrogens is 2. The van der Waals surface area contributed by atoms with Crippen molar-refractivity contribution in [3.05, 3.63) is 43.6 Å². The van der Waals surface area contributed by atoms with Gasteiger partial charge in [-0.25, -0.2) is 4.98 Å². The maximum Gasteiger partial charge on any atom is 0.139 e. The summed E-state index contributed by atoms with van der Waals surface area (Å²) in [5.41, 5.74) is 6.06. The number of nitrogens with zero attached hydrogens (tertiary/aromatic N) is 1. The highest BCUT2D eigenvalue weighted by molar-refractivity contribution is 9.10. The van der Waals surface area contributed by atoms with Crippen LogP contribution in [0.1, 0.15) is 28.8 Å². The largest absolute Gasteiger partial charge is 0.343 e. The van der Waals surface area contributed by atoms with Gasteiger partial charge in [-0.05, 0) is 56.4 Å². The molecule has 1 aromatic carbocycles. The summed E-state index contributed by atoms with van der Waals surface area (Å²) in [6.07, 6.45) is 3.33. The van der Waals surface area contributed by atoms with E-state index in [0.717, 1.165) is 33.3 Å². The van der Waals surface area contributed by atoms with Crippen molar-refractivity contribution >= 4 is 28.1 Å². The Morgan fingerprint density at radius 3 is 2.58 bits per heavy atom. The van der Waals surface area contributed by atoms with Crippen molar-refractivity contribution in [2.24, 2.45) is 0 Å². The van der Waals surface area contributed by atoms with E-state index in [9.17, 15) is 0 Å². The summed E-state index contributed by atoms with van der Waals surface area (Å²) in [5, 5.41) is 0. The quantitative estimate of drug-likeness (QED) is 0.767. The molecule has 0 amide bonds. The third-order valence-electron chi connectivity index (χ3n) is 3.67. The molecule has 2 nitrogen and oxygen atoms in total. The molecule has 1 heterocycles. The van der Waals surface area contributed by atoms with Gasteiger partial charge < -0.3 is 4.98 Å². The lowest BCUT2D eigenvalue weighted by Gasteiger charge is -2.09. The molecule has 0 bridgehead atoms. The van der Waals surface area contributed by atoms with Crippen LogP contribution in [0.25, 0.3) is 11.4 Å². The monoisotopic (exact) mass is 334 g/mol. The molecule has 0 radical (unpaired) electrons. The Bertz CT molecular complexity index is 696. The zero-order valence-electron chi connectivity index (χ0n) is 11.0. The Kier molecular flexibility index (Phi) is 3.31. The van der Waals surface area contributed by atoms with Gasteiger partial charge in [-0.2, -0.15) is 0 Å². The summed E-state index contributed by atoms with van der Waals surface area (Å²) < 4.78 is 1.93. The smallest absolute Gasteiger partial charge is 0.139 e. The van der Waals surface area contributed by atoms with Crippen LogP contribution in [0, 0.1) is 18.5 Å². The second-order valence-corrected chi connectivity index (χ2v) is 6.30. The Labute approximate surface area is 126 Å². The molecule has 4 heteroatoms. The molecule has 1 aliphatic rings. The zero-order valence-corrected chi connectivity index (χ0v) is 13.4. The molecule has 0 saturated heterocycles. The van der Waals surface area contributed by atoms with Gasteiger partial charge in [-0.3, -0.25) is 0 Å². The second-order valence-electron chi connectivity index (χ2n) is 5.13. The predicted octanol–water partition coefficient (Wildman–Crippen LogP) is 4.67. The standard InChI is InChI=1S/C15H15BrN2S/c1-8-6-10(7-9(2)13(8)16)14-17-12-5-3-4-11(12)15(19)18-14/h6-7H,3-5H2,1-2H3,(H,17,18,19). The first-order valence-electron chi connectivity index (χ1n) is 6.45. The molecular weight excluding hydrogens is 320 g/mol. The molecule has 2 aromatic rings. The number of aryl methyl sites for hydroxylation is 3. The first-order chi connectivity index (χ1) is 9.06. The van der Waals surface area contributed by atoms with Crippen molar-refractivity contribution in [2.45, 2.75) is 33.1 Å². The Hall–Kier alpha value is -1.00. The van der Waals surface area contributed by atoms with E-state index in [-0.39, 0.29) is 0 Å². The van der Waals surface area contributed by atoms with Crippen molar-refractivity contribution in [1.82, 2.24) is 9.97 Å². The van der Waals surface area contributed by atoms with E-state index in [1.807, 2.05) is 0 Å². The number of fused-ring (bicyclic) bond motifs is 1. The molecule has 3 rings (SSSR count). The summed E-state index contributed by atoms with van der Waals surface area (Å²) in [5.74, 6) is 0.893. The zero-order chi connectivity index (χ0) is 13.6. The van der Waals surface area contributed by atoms with Gasteiger partial charge in [0.05, 0.1) is 0 Å².